The number of methoxy groups -OCH3 is 1. The Morgan fingerprint density at radius 3 is 2.53 bits per heavy atom. The van der Waals surface area contributed by atoms with Gasteiger partial charge in [-0.15, -0.1) is 0 Å². The highest BCUT2D eigenvalue weighted by Crippen LogP contribution is 2.42. The molecule has 1 aliphatic rings. The second kappa shape index (κ2) is 10.3. The van der Waals surface area contributed by atoms with Crippen molar-refractivity contribution in [1.82, 2.24) is 0 Å². The van der Waals surface area contributed by atoms with Crippen molar-refractivity contribution in [1.29, 1.82) is 0 Å². The summed E-state index contributed by atoms with van der Waals surface area (Å²) in [4.78, 5) is 2.14. The van der Waals surface area contributed by atoms with Gasteiger partial charge in [0.25, 0.3) is 0 Å². The van der Waals surface area contributed by atoms with Crippen LogP contribution in [0.25, 0.3) is 0 Å². The minimum atomic E-state index is -0.0406. The van der Waals surface area contributed by atoms with Crippen molar-refractivity contribution in [2.24, 2.45) is 5.92 Å². The Morgan fingerprint density at radius 2 is 1.87 bits per heavy atom. The van der Waals surface area contributed by atoms with E-state index in [0.717, 1.165) is 44.7 Å². The van der Waals surface area contributed by atoms with E-state index in [4.69, 9.17) is 9.47 Å². The number of nitrogens with two attached hydrogens (primary N) is 1. The van der Waals surface area contributed by atoms with Gasteiger partial charge in [0, 0.05) is 38.4 Å². The molecule has 164 valence electrons. The molecule has 0 amide bonds. The van der Waals surface area contributed by atoms with Crippen LogP contribution in [0.4, 0.5) is 5.69 Å². The molecule has 0 spiro atoms. The van der Waals surface area contributed by atoms with Crippen LogP contribution in [0.15, 0.2) is 48.5 Å². The molecule has 1 heterocycles. The van der Waals surface area contributed by atoms with Crippen molar-refractivity contribution >= 4 is 5.69 Å². The molecular weight excluding hydrogens is 372 g/mol. The molecule has 1 fully saturated rings. The van der Waals surface area contributed by atoms with Crippen LogP contribution in [0.5, 0.6) is 5.75 Å². The molecule has 0 bridgehead atoms. The molecule has 0 unspecified atom stereocenters. The van der Waals surface area contributed by atoms with E-state index < -0.39 is 0 Å². The number of anilines is 1. The Bertz CT molecular complexity index is 786. The van der Waals surface area contributed by atoms with E-state index in [0.29, 0.717) is 11.8 Å². The van der Waals surface area contributed by atoms with Gasteiger partial charge in [0.2, 0.25) is 0 Å². The van der Waals surface area contributed by atoms with Crippen molar-refractivity contribution in [2.75, 3.05) is 39.3 Å². The Hall–Kier alpha value is -2.04. The third-order valence-electron chi connectivity index (χ3n) is 6.36. The summed E-state index contributed by atoms with van der Waals surface area (Å²) < 4.78 is 11.7. The zero-order chi connectivity index (χ0) is 21.6. The van der Waals surface area contributed by atoms with Crippen LogP contribution in [0.3, 0.4) is 0 Å². The molecular formula is C26H39N2O2+. The molecule has 30 heavy (non-hydrogen) atoms. The summed E-state index contributed by atoms with van der Waals surface area (Å²) in [5.41, 5.74) is 3.94. The number of nitrogens with zero attached hydrogens (tertiary/aromatic N) is 1. The summed E-state index contributed by atoms with van der Waals surface area (Å²) >= 11 is 0. The van der Waals surface area contributed by atoms with Gasteiger partial charge in [0.1, 0.15) is 12.3 Å². The SMILES string of the molecule is COc1ccccc1[C@H](CC[NH2+]Cc1ccc(N(C)C)cc1)[C@H]1CCOC(C)(C)C1. The zero-order valence-electron chi connectivity index (χ0n) is 19.4. The second-order valence-electron chi connectivity index (χ2n) is 9.34. The highest BCUT2D eigenvalue weighted by atomic mass is 16.5. The molecule has 2 atom stereocenters. The largest absolute Gasteiger partial charge is 0.496 e. The lowest BCUT2D eigenvalue weighted by molar-refractivity contribution is -0.671. The first-order chi connectivity index (χ1) is 14.4. The molecule has 1 saturated heterocycles. The minimum absolute atomic E-state index is 0.0406. The zero-order valence-corrected chi connectivity index (χ0v) is 19.4. The molecule has 1 aliphatic heterocycles. The highest BCUT2D eigenvalue weighted by molar-refractivity contribution is 5.45. The number of para-hydroxylation sites is 1. The number of rotatable bonds is 9. The van der Waals surface area contributed by atoms with Crippen LogP contribution < -0.4 is 15.0 Å². The highest BCUT2D eigenvalue weighted by Gasteiger charge is 2.35. The fourth-order valence-electron chi connectivity index (χ4n) is 4.74. The van der Waals surface area contributed by atoms with E-state index >= 15 is 0 Å². The van der Waals surface area contributed by atoms with Crippen LogP contribution in [-0.2, 0) is 11.3 Å². The molecule has 2 aromatic rings. The predicted octanol–water partition coefficient (Wildman–Crippen LogP) is 4.20. The Balaban J connectivity index is 1.65. The Morgan fingerprint density at radius 1 is 1.13 bits per heavy atom. The summed E-state index contributed by atoms with van der Waals surface area (Å²) in [6, 6.07) is 17.4. The number of quaternary nitrogens is 1. The molecule has 4 heteroatoms. The van der Waals surface area contributed by atoms with Gasteiger partial charge >= 0.3 is 0 Å². The molecule has 0 radical (unpaired) electrons. The maximum Gasteiger partial charge on any atom is 0.122 e. The van der Waals surface area contributed by atoms with E-state index in [-0.39, 0.29) is 5.60 Å². The summed E-state index contributed by atoms with van der Waals surface area (Å²) in [5.74, 6) is 2.14. The maximum atomic E-state index is 6.01. The monoisotopic (exact) mass is 411 g/mol. The smallest absolute Gasteiger partial charge is 0.122 e. The first kappa shape index (κ1) is 22.6. The van der Waals surface area contributed by atoms with E-state index in [1.165, 1.54) is 16.8 Å². The second-order valence-corrected chi connectivity index (χ2v) is 9.34. The van der Waals surface area contributed by atoms with Crippen LogP contribution >= 0.6 is 0 Å². The fourth-order valence-corrected chi connectivity index (χ4v) is 4.74. The predicted molar refractivity (Wildman–Crippen MR) is 124 cm³/mol. The fraction of sp³-hybridized carbons (Fsp3) is 0.538. The van der Waals surface area contributed by atoms with Gasteiger partial charge in [-0.1, -0.05) is 30.3 Å². The van der Waals surface area contributed by atoms with Gasteiger partial charge in [0.15, 0.2) is 0 Å². The Labute approximate surface area is 182 Å². The van der Waals surface area contributed by atoms with E-state index in [1.54, 1.807) is 7.11 Å². The molecule has 0 aliphatic carbocycles. The lowest BCUT2D eigenvalue weighted by atomic mass is 9.75. The number of hydrogen-bond donors (Lipinski definition) is 1. The number of ether oxygens (including phenoxy) is 2. The van der Waals surface area contributed by atoms with Crippen LogP contribution in [0.1, 0.15) is 50.2 Å². The Kier molecular flexibility index (Phi) is 7.79. The normalized spacial score (nSPS) is 19.3. The van der Waals surface area contributed by atoms with Gasteiger partial charge in [-0.2, -0.15) is 0 Å². The first-order valence-electron chi connectivity index (χ1n) is 11.2. The van der Waals surface area contributed by atoms with Crippen molar-refractivity contribution in [3.63, 3.8) is 0 Å². The quantitative estimate of drug-likeness (QED) is 0.629. The average molecular weight is 412 g/mol. The summed E-state index contributed by atoms with van der Waals surface area (Å²) in [6.07, 6.45) is 3.37. The summed E-state index contributed by atoms with van der Waals surface area (Å²) in [6.45, 7) is 7.43. The van der Waals surface area contributed by atoms with Crippen LogP contribution in [0.2, 0.25) is 0 Å². The first-order valence-corrected chi connectivity index (χ1v) is 11.2. The molecule has 2 N–H and O–H groups in total. The van der Waals surface area contributed by atoms with E-state index in [2.05, 4.69) is 86.7 Å². The molecule has 2 aromatic carbocycles. The number of hydrogen-bond acceptors (Lipinski definition) is 3. The third-order valence-corrected chi connectivity index (χ3v) is 6.36. The van der Waals surface area contributed by atoms with Crippen LogP contribution in [0, 0.1) is 5.92 Å². The van der Waals surface area contributed by atoms with Crippen LogP contribution in [-0.4, -0.2) is 40.0 Å². The molecule has 3 rings (SSSR count). The number of benzene rings is 2. The third kappa shape index (κ3) is 5.99. The standard InChI is InChI=1S/C26H38N2O2/c1-26(2)18-21(15-17-30-26)23(24-8-6-7-9-25(24)29-5)14-16-27-19-20-10-12-22(13-11-20)28(3)4/h6-13,21,23,27H,14-19H2,1-5H3/p+1/t21-,23+/m0/s1. The summed E-state index contributed by atoms with van der Waals surface area (Å²) in [7, 11) is 5.95. The minimum Gasteiger partial charge on any atom is -0.496 e. The topological polar surface area (TPSA) is 38.3 Å². The van der Waals surface area contributed by atoms with Crippen molar-refractivity contribution in [2.45, 2.75) is 51.2 Å². The van der Waals surface area contributed by atoms with E-state index in [9.17, 15) is 0 Å². The van der Waals surface area contributed by atoms with Crippen molar-refractivity contribution < 1.29 is 14.8 Å². The molecule has 0 aromatic heterocycles. The van der Waals surface area contributed by atoms with Gasteiger partial charge in [-0.25, -0.2) is 0 Å². The lowest BCUT2D eigenvalue weighted by Crippen LogP contribution is -2.82. The van der Waals surface area contributed by atoms with Gasteiger partial charge in [-0.05, 0) is 62.3 Å². The molecule has 0 saturated carbocycles. The van der Waals surface area contributed by atoms with E-state index in [1.807, 2.05) is 0 Å². The van der Waals surface area contributed by atoms with Crippen molar-refractivity contribution in [3.8, 4) is 5.75 Å². The van der Waals surface area contributed by atoms with Gasteiger partial charge < -0.3 is 19.7 Å². The lowest BCUT2D eigenvalue weighted by Gasteiger charge is -2.39. The average Bonchev–Trinajstić information content (AvgIpc) is 2.73. The van der Waals surface area contributed by atoms with Gasteiger partial charge in [0.05, 0.1) is 19.3 Å². The molecule has 4 nitrogen and oxygen atoms in total. The summed E-state index contributed by atoms with van der Waals surface area (Å²) in [5, 5.41) is 2.44. The van der Waals surface area contributed by atoms with Crippen molar-refractivity contribution in [3.05, 3.63) is 59.7 Å². The van der Waals surface area contributed by atoms with Gasteiger partial charge in [-0.3, -0.25) is 0 Å². The maximum absolute atomic E-state index is 6.01.